The first kappa shape index (κ1) is 26.7. The van der Waals surface area contributed by atoms with Crippen LogP contribution in [0.2, 0.25) is 0 Å². The Kier molecular flexibility index (Phi) is 9.02. The van der Waals surface area contributed by atoms with Crippen LogP contribution in [0.25, 0.3) is 6.08 Å². The first-order chi connectivity index (χ1) is 17.2. The fourth-order valence-electron chi connectivity index (χ4n) is 3.22. The summed E-state index contributed by atoms with van der Waals surface area (Å²) in [4.78, 5) is 25.0. The summed E-state index contributed by atoms with van der Waals surface area (Å²) in [6.45, 7) is 3.66. The Hall–Kier alpha value is -3.91. The molecule has 2 amide bonds. The molecule has 0 spiro atoms. The Morgan fingerprint density at radius 2 is 1.83 bits per heavy atom. The molecule has 36 heavy (non-hydrogen) atoms. The standard InChI is InChI=1S/C27H23FIN3O4/c1-16-5-4-6-23(17(16)2)32-25(33)15-36-26-22(29)12-18(13-24(26)35-3)11-19(14-30)27(34)31-21-9-7-20(28)8-10-21/h4-13H,15H2,1-3H3,(H,31,34)(H,32,33)/b19-11+. The molecule has 0 aromatic heterocycles. The number of benzene rings is 3. The summed E-state index contributed by atoms with van der Waals surface area (Å²) in [6, 6.07) is 16.0. The molecule has 0 saturated carbocycles. The van der Waals surface area contributed by atoms with E-state index in [-0.39, 0.29) is 18.1 Å². The smallest absolute Gasteiger partial charge is 0.266 e. The van der Waals surface area contributed by atoms with Gasteiger partial charge in [-0.1, -0.05) is 12.1 Å². The van der Waals surface area contributed by atoms with Crippen molar-refractivity contribution in [2.24, 2.45) is 0 Å². The average molecular weight is 599 g/mol. The molecular formula is C27H23FIN3O4. The number of nitrogens with one attached hydrogen (secondary N) is 2. The van der Waals surface area contributed by atoms with E-state index in [0.29, 0.717) is 32.0 Å². The van der Waals surface area contributed by atoms with E-state index in [1.54, 1.807) is 12.1 Å². The maximum absolute atomic E-state index is 13.1. The quantitative estimate of drug-likeness (QED) is 0.199. The Labute approximate surface area is 222 Å². The fraction of sp³-hybridized carbons (Fsp3) is 0.148. The van der Waals surface area contributed by atoms with E-state index in [1.165, 1.54) is 37.5 Å². The van der Waals surface area contributed by atoms with Crippen LogP contribution in [0.1, 0.15) is 16.7 Å². The Morgan fingerprint density at radius 1 is 1.11 bits per heavy atom. The zero-order valence-electron chi connectivity index (χ0n) is 19.8. The molecule has 0 bridgehead atoms. The number of ether oxygens (including phenoxy) is 2. The predicted octanol–water partition coefficient (Wildman–Crippen LogP) is 5.62. The van der Waals surface area contributed by atoms with E-state index >= 15 is 0 Å². The molecule has 184 valence electrons. The minimum atomic E-state index is -0.637. The molecule has 0 saturated heterocycles. The van der Waals surface area contributed by atoms with Gasteiger partial charge in [0.1, 0.15) is 17.5 Å². The molecule has 3 aromatic rings. The lowest BCUT2D eigenvalue weighted by molar-refractivity contribution is -0.118. The van der Waals surface area contributed by atoms with Gasteiger partial charge in [-0.3, -0.25) is 9.59 Å². The van der Waals surface area contributed by atoms with Crippen LogP contribution in [0.3, 0.4) is 0 Å². The van der Waals surface area contributed by atoms with Gasteiger partial charge in [-0.05, 0) is 102 Å². The number of aryl methyl sites for hydroxylation is 1. The van der Waals surface area contributed by atoms with Crippen molar-refractivity contribution < 1.29 is 23.5 Å². The number of anilines is 2. The van der Waals surface area contributed by atoms with E-state index < -0.39 is 11.7 Å². The number of nitrogens with zero attached hydrogens (tertiary/aromatic N) is 1. The minimum absolute atomic E-state index is 0.154. The first-order valence-electron chi connectivity index (χ1n) is 10.8. The number of carbonyl (C=O) groups excluding carboxylic acids is 2. The summed E-state index contributed by atoms with van der Waals surface area (Å²) in [5.74, 6) is -0.698. The molecule has 0 unspecified atom stereocenters. The van der Waals surface area contributed by atoms with Crippen molar-refractivity contribution in [3.63, 3.8) is 0 Å². The molecule has 0 atom stereocenters. The number of halogens is 2. The molecule has 0 heterocycles. The van der Waals surface area contributed by atoms with Gasteiger partial charge in [0.25, 0.3) is 11.8 Å². The Bertz CT molecular complexity index is 1360. The number of hydrogen-bond acceptors (Lipinski definition) is 5. The number of methoxy groups -OCH3 is 1. The van der Waals surface area contributed by atoms with Crippen molar-refractivity contribution >= 4 is 51.9 Å². The van der Waals surface area contributed by atoms with E-state index in [2.05, 4.69) is 10.6 Å². The molecule has 0 radical (unpaired) electrons. The monoisotopic (exact) mass is 599 g/mol. The van der Waals surface area contributed by atoms with Crippen molar-refractivity contribution in [3.05, 3.63) is 86.2 Å². The van der Waals surface area contributed by atoms with Gasteiger partial charge in [0.2, 0.25) is 0 Å². The van der Waals surface area contributed by atoms with Crippen LogP contribution in [0.4, 0.5) is 15.8 Å². The second kappa shape index (κ2) is 12.2. The van der Waals surface area contributed by atoms with Crippen LogP contribution in [0, 0.1) is 34.6 Å². The predicted molar refractivity (Wildman–Crippen MR) is 144 cm³/mol. The molecule has 0 aliphatic rings. The molecular weight excluding hydrogens is 576 g/mol. The highest BCUT2D eigenvalue weighted by Crippen LogP contribution is 2.34. The van der Waals surface area contributed by atoms with E-state index in [9.17, 15) is 19.2 Å². The van der Waals surface area contributed by atoms with Gasteiger partial charge in [-0.2, -0.15) is 5.26 Å². The van der Waals surface area contributed by atoms with Gasteiger partial charge in [-0.25, -0.2) is 4.39 Å². The topological polar surface area (TPSA) is 100 Å². The molecule has 3 aromatic carbocycles. The molecule has 9 heteroatoms. The molecule has 3 rings (SSSR count). The second-order valence-corrected chi connectivity index (χ2v) is 8.91. The highest BCUT2D eigenvalue weighted by atomic mass is 127. The number of rotatable bonds is 8. The van der Waals surface area contributed by atoms with Crippen molar-refractivity contribution in [2.45, 2.75) is 13.8 Å². The first-order valence-corrected chi connectivity index (χ1v) is 11.8. The summed E-state index contributed by atoms with van der Waals surface area (Å²) in [7, 11) is 1.45. The van der Waals surface area contributed by atoms with Crippen molar-refractivity contribution in [3.8, 4) is 17.6 Å². The Balaban J connectivity index is 1.74. The van der Waals surface area contributed by atoms with Gasteiger partial charge >= 0.3 is 0 Å². The summed E-state index contributed by atoms with van der Waals surface area (Å²) in [5.41, 5.74) is 3.49. The van der Waals surface area contributed by atoms with Gasteiger partial charge < -0.3 is 20.1 Å². The Morgan fingerprint density at radius 3 is 2.50 bits per heavy atom. The van der Waals surface area contributed by atoms with Gasteiger partial charge in [0, 0.05) is 11.4 Å². The van der Waals surface area contributed by atoms with Crippen LogP contribution in [0.5, 0.6) is 11.5 Å². The minimum Gasteiger partial charge on any atom is -0.493 e. The van der Waals surface area contributed by atoms with Crippen LogP contribution >= 0.6 is 22.6 Å². The fourth-order valence-corrected chi connectivity index (χ4v) is 4.00. The number of carbonyl (C=O) groups is 2. The zero-order valence-corrected chi connectivity index (χ0v) is 22.0. The highest BCUT2D eigenvalue weighted by Gasteiger charge is 2.16. The summed E-state index contributed by atoms with van der Waals surface area (Å²) < 4.78 is 24.9. The maximum Gasteiger partial charge on any atom is 0.266 e. The SMILES string of the molecule is COc1cc(/C=C(\C#N)C(=O)Nc2ccc(F)cc2)cc(I)c1OCC(=O)Nc1cccc(C)c1C. The molecule has 7 nitrogen and oxygen atoms in total. The van der Waals surface area contributed by atoms with Crippen LogP contribution < -0.4 is 20.1 Å². The third-order valence-electron chi connectivity index (χ3n) is 5.26. The number of hydrogen-bond donors (Lipinski definition) is 2. The third kappa shape index (κ3) is 6.82. The summed E-state index contributed by atoms with van der Waals surface area (Å²) in [6.07, 6.45) is 1.40. The third-order valence-corrected chi connectivity index (χ3v) is 6.06. The lowest BCUT2D eigenvalue weighted by atomic mass is 10.1. The lowest BCUT2D eigenvalue weighted by Crippen LogP contribution is -2.21. The van der Waals surface area contributed by atoms with Gasteiger partial charge in [0.15, 0.2) is 18.1 Å². The zero-order chi connectivity index (χ0) is 26.2. The normalized spacial score (nSPS) is 10.8. The van der Waals surface area contributed by atoms with E-state index in [1.807, 2.05) is 60.7 Å². The van der Waals surface area contributed by atoms with Crippen LogP contribution in [-0.4, -0.2) is 25.5 Å². The highest BCUT2D eigenvalue weighted by molar-refractivity contribution is 14.1. The lowest BCUT2D eigenvalue weighted by Gasteiger charge is -2.15. The number of nitriles is 1. The van der Waals surface area contributed by atoms with Crippen molar-refractivity contribution in [1.82, 2.24) is 0 Å². The second-order valence-electron chi connectivity index (χ2n) is 7.75. The van der Waals surface area contributed by atoms with Crippen molar-refractivity contribution in [1.29, 1.82) is 5.26 Å². The average Bonchev–Trinajstić information content (AvgIpc) is 2.85. The maximum atomic E-state index is 13.1. The van der Waals surface area contributed by atoms with Gasteiger partial charge in [0.05, 0.1) is 10.7 Å². The number of amides is 2. The summed E-state index contributed by atoms with van der Waals surface area (Å²) in [5, 5.41) is 14.9. The van der Waals surface area contributed by atoms with E-state index in [0.717, 1.165) is 11.1 Å². The van der Waals surface area contributed by atoms with E-state index in [4.69, 9.17) is 9.47 Å². The summed E-state index contributed by atoms with van der Waals surface area (Å²) >= 11 is 2.03. The van der Waals surface area contributed by atoms with Crippen LogP contribution in [-0.2, 0) is 9.59 Å². The van der Waals surface area contributed by atoms with Crippen molar-refractivity contribution in [2.75, 3.05) is 24.4 Å². The molecule has 0 fully saturated rings. The van der Waals surface area contributed by atoms with Gasteiger partial charge in [-0.15, -0.1) is 0 Å². The molecule has 0 aliphatic carbocycles. The largest absolute Gasteiger partial charge is 0.493 e. The van der Waals surface area contributed by atoms with Crippen LogP contribution in [0.15, 0.2) is 60.2 Å². The molecule has 2 N–H and O–H groups in total. The molecule has 0 aliphatic heterocycles.